The first-order valence-corrected chi connectivity index (χ1v) is 21.7. The zero-order valence-corrected chi connectivity index (χ0v) is 34.4. The summed E-state index contributed by atoms with van der Waals surface area (Å²) in [5, 5.41) is 29.2. The Morgan fingerprint density at radius 3 is 1.12 bits per heavy atom. The van der Waals surface area contributed by atoms with Crippen molar-refractivity contribution in [1.82, 2.24) is 44.3 Å². The monoisotopic (exact) mass is 747 g/mol. The number of thiol groups is 3. The van der Waals surface area contributed by atoms with Gasteiger partial charge >= 0.3 is 0 Å². The van der Waals surface area contributed by atoms with Crippen LogP contribution in [0.5, 0.6) is 0 Å². The Morgan fingerprint density at radius 1 is 0.400 bits per heavy atom. The van der Waals surface area contributed by atoms with Crippen molar-refractivity contribution >= 4 is 37.9 Å². The van der Waals surface area contributed by atoms with Crippen LogP contribution in [0.4, 0.5) is 0 Å². The molecule has 0 spiro atoms. The van der Waals surface area contributed by atoms with Gasteiger partial charge in [-0.25, -0.2) is 0 Å². The van der Waals surface area contributed by atoms with E-state index in [2.05, 4.69) is 85.2 Å². The summed E-state index contributed by atoms with van der Waals surface area (Å²) in [4.78, 5) is 0. The first-order valence-electron chi connectivity index (χ1n) is 20.3. The van der Waals surface area contributed by atoms with E-state index in [0.29, 0.717) is 15.5 Å². The highest BCUT2D eigenvalue weighted by Gasteiger charge is 2.23. The Kier molecular flexibility index (Phi) is 22.5. The van der Waals surface area contributed by atoms with Crippen LogP contribution in [0.1, 0.15) is 192 Å². The van der Waals surface area contributed by atoms with Crippen molar-refractivity contribution in [2.45, 2.75) is 222 Å². The molecule has 0 aliphatic heterocycles. The molecule has 0 unspecified atom stereocenters. The lowest BCUT2D eigenvalue weighted by molar-refractivity contribution is 0.457. The molecule has 0 N–H and O–H groups in total. The maximum absolute atomic E-state index is 4.76. The molecule has 0 aromatic carbocycles. The predicted octanol–water partition coefficient (Wildman–Crippen LogP) is 10.9. The molecule has 12 heteroatoms. The number of unbranched alkanes of at least 4 members (excludes halogenated alkanes) is 18. The number of hydrogen-bond donors (Lipinski definition) is 3. The van der Waals surface area contributed by atoms with Crippen LogP contribution in [-0.2, 0) is 32.5 Å². The fourth-order valence-corrected chi connectivity index (χ4v) is 7.76. The lowest BCUT2D eigenvalue weighted by atomic mass is 9.95. The second-order valence-corrected chi connectivity index (χ2v) is 15.5. The summed E-state index contributed by atoms with van der Waals surface area (Å²) in [5.74, 6) is 3.21. The highest BCUT2D eigenvalue weighted by Crippen LogP contribution is 2.29. The fourth-order valence-electron chi connectivity index (χ4n) is 6.99. The Bertz CT molecular complexity index is 1220. The minimum atomic E-state index is 0.173. The second-order valence-electron chi connectivity index (χ2n) is 14.3. The van der Waals surface area contributed by atoms with E-state index >= 15 is 0 Å². The van der Waals surface area contributed by atoms with E-state index < -0.39 is 0 Å². The fraction of sp³-hybridized carbons (Fsp3) is 0.842. The average molecular weight is 748 g/mol. The zero-order valence-electron chi connectivity index (χ0n) is 31.7. The third-order valence-corrected chi connectivity index (χ3v) is 11.1. The van der Waals surface area contributed by atoms with Crippen LogP contribution in [0, 0.1) is 0 Å². The van der Waals surface area contributed by atoms with Gasteiger partial charge in [-0.3, -0.25) is 0 Å². The van der Waals surface area contributed by atoms with Crippen molar-refractivity contribution in [3.8, 4) is 0 Å². The van der Waals surface area contributed by atoms with Crippen molar-refractivity contribution in [3.05, 3.63) is 17.5 Å². The number of rotatable bonds is 31. The van der Waals surface area contributed by atoms with E-state index in [0.717, 1.165) is 82.1 Å². The van der Waals surface area contributed by atoms with Gasteiger partial charge in [0.1, 0.15) is 17.5 Å². The normalized spacial score (nSPS) is 11.8. The Hall–Kier alpha value is -1.53. The minimum absolute atomic E-state index is 0.173. The molecule has 0 saturated heterocycles. The first kappa shape index (κ1) is 42.9. The van der Waals surface area contributed by atoms with Gasteiger partial charge in [0.15, 0.2) is 15.5 Å². The Balaban J connectivity index is 1.67. The van der Waals surface area contributed by atoms with Crippen molar-refractivity contribution in [1.29, 1.82) is 0 Å². The van der Waals surface area contributed by atoms with E-state index in [1.807, 2.05) is 0 Å². The molecule has 0 aliphatic rings. The van der Waals surface area contributed by atoms with Gasteiger partial charge in [-0.05, 0) is 32.1 Å². The van der Waals surface area contributed by atoms with Crippen molar-refractivity contribution in [2.24, 2.45) is 0 Å². The van der Waals surface area contributed by atoms with E-state index in [9.17, 15) is 0 Å². The summed E-state index contributed by atoms with van der Waals surface area (Å²) < 4.78 is 6.68. The summed E-state index contributed by atoms with van der Waals surface area (Å²) in [6.07, 6.45) is 30.2. The van der Waals surface area contributed by atoms with Crippen LogP contribution in [0.3, 0.4) is 0 Å². The molecule has 0 atom stereocenters. The van der Waals surface area contributed by atoms with Crippen LogP contribution in [0.15, 0.2) is 15.5 Å². The average Bonchev–Trinajstić information content (AvgIpc) is 3.78. The van der Waals surface area contributed by atoms with Crippen LogP contribution in [0.2, 0.25) is 0 Å². The number of hydrogen-bond acceptors (Lipinski definition) is 9. The predicted molar refractivity (Wildman–Crippen MR) is 215 cm³/mol. The molecule has 284 valence electrons. The van der Waals surface area contributed by atoms with Crippen molar-refractivity contribution in [2.75, 3.05) is 0 Å². The standard InChI is InChI=1S/C38H69N9S3/c1-4-7-10-13-16-19-22-29-45-33(39-42-36(45)48)27-25-32(35-41-44-38(50)47(35)31-24-21-18-15-12-9-6-3)26-28-34-40-43-37(49)46(34)30-23-20-17-14-11-8-5-2/h32H,4-31H2,1-3H3,(H,42,48)(H,43,49)(H,44,50). The summed E-state index contributed by atoms with van der Waals surface area (Å²) in [7, 11) is 0. The molecule has 0 radical (unpaired) electrons. The number of aromatic nitrogens is 9. The highest BCUT2D eigenvalue weighted by molar-refractivity contribution is 7.80. The lowest BCUT2D eigenvalue weighted by Crippen LogP contribution is -2.15. The molecular formula is C38H69N9S3. The quantitative estimate of drug-likeness (QED) is 0.0448. The molecule has 3 rings (SSSR count). The van der Waals surface area contributed by atoms with Crippen LogP contribution in [0.25, 0.3) is 0 Å². The first-order chi connectivity index (χ1) is 24.5. The second kappa shape index (κ2) is 26.3. The van der Waals surface area contributed by atoms with Crippen molar-refractivity contribution < 1.29 is 0 Å². The molecule has 0 aliphatic carbocycles. The molecule has 3 heterocycles. The SMILES string of the molecule is CCCCCCCCCn1c(S)nnc1CCC(CCc1nnc(S)n1CCCCCCCCC)c1nnc(S)n1CCCCCCCCC. The molecule has 0 saturated carbocycles. The van der Waals surface area contributed by atoms with E-state index in [1.165, 1.54) is 116 Å². The summed E-state index contributed by atoms with van der Waals surface area (Å²) in [6, 6.07) is 0. The summed E-state index contributed by atoms with van der Waals surface area (Å²) in [5.41, 5.74) is 0. The zero-order chi connectivity index (χ0) is 35.8. The highest BCUT2D eigenvalue weighted by atomic mass is 32.1. The van der Waals surface area contributed by atoms with Gasteiger partial charge < -0.3 is 13.7 Å². The molecule has 3 aromatic rings. The lowest BCUT2D eigenvalue weighted by Gasteiger charge is -2.19. The molecule has 9 nitrogen and oxygen atoms in total. The van der Waals surface area contributed by atoms with Gasteiger partial charge in [-0.2, -0.15) is 0 Å². The number of aryl methyl sites for hydroxylation is 2. The van der Waals surface area contributed by atoms with Gasteiger partial charge in [0.05, 0.1) is 0 Å². The Labute approximate surface area is 320 Å². The van der Waals surface area contributed by atoms with Crippen molar-refractivity contribution in [3.63, 3.8) is 0 Å². The topological polar surface area (TPSA) is 92.1 Å². The maximum Gasteiger partial charge on any atom is 0.188 e. The van der Waals surface area contributed by atoms with Gasteiger partial charge in [-0.15, -0.1) is 68.5 Å². The molecule has 3 aromatic heterocycles. The number of nitrogens with zero attached hydrogens (tertiary/aromatic N) is 9. The van der Waals surface area contributed by atoms with Gasteiger partial charge in [0.2, 0.25) is 0 Å². The minimum Gasteiger partial charge on any atom is -0.306 e. The molecular weight excluding hydrogens is 679 g/mol. The van der Waals surface area contributed by atoms with E-state index in [-0.39, 0.29) is 5.92 Å². The van der Waals surface area contributed by atoms with E-state index in [4.69, 9.17) is 17.7 Å². The molecule has 50 heavy (non-hydrogen) atoms. The van der Waals surface area contributed by atoms with Crippen LogP contribution in [-0.4, -0.2) is 44.3 Å². The molecule has 0 fully saturated rings. The summed E-state index contributed by atoms with van der Waals surface area (Å²) >= 11 is 14.1. The largest absolute Gasteiger partial charge is 0.306 e. The maximum atomic E-state index is 4.76. The summed E-state index contributed by atoms with van der Waals surface area (Å²) in [6.45, 7) is 9.55. The van der Waals surface area contributed by atoms with E-state index in [1.54, 1.807) is 0 Å². The van der Waals surface area contributed by atoms with Gasteiger partial charge in [0.25, 0.3) is 0 Å². The Morgan fingerprint density at radius 2 is 0.720 bits per heavy atom. The van der Waals surface area contributed by atoms with Crippen LogP contribution < -0.4 is 0 Å². The van der Waals surface area contributed by atoms with Gasteiger partial charge in [0, 0.05) is 38.4 Å². The smallest absolute Gasteiger partial charge is 0.188 e. The molecule has 0 bridgehead atoms. The molecule has 0 amide bonds. The third kappa shape index (κ3) is 15.6. The third-order valence-electron chi connectivity index (χ3n) is 10.1. The van der Waals surface area contributed by atoms with Gasteiger partial charge in [-0.1, -0.05) is 136 Å². The van der Waals surface area contributed by atoms with Crippen LogP contribution >= 0.6 is 37.9 Å².